The van der Waals surface area contributed by atoms with Gasteiger partial charge in [-0.3, -0.25) is 9.59 Å². The molecule has 0 bridgehead atoms. The van der Waals surface area contributed by atoms with Gasteiger partial charge in [0.15, 0.2) is 6.10 Å². The van der Waals surface area contributed by atoms with E-state index in [0.717, 1.165) is 5.39 Å². The number of benzene rings is 2. The van der Waals surface area contributed by atoms with Crippen LogP contribution >= 0.6 is 0 Å². The molecule has 2 amide bonds. The second-order valence-electron chi connectivity index (χ2n) is 5.64. The molecule has 2 aromatic carbocycles. The topological polar surface area (TPSA) is 112 Å². The van der Waals surface area contributed by atoms with Gasteiger partial charge < -0.3 is 20.2 Å². The summed E-state index contributed by atoms with van der Waals surface area (Å²) in [6.45, 7) is 1.60. The van der Waals surface area contributed by atoms with E-state index in [1.807, 2.05) is 0 Å². The van der Waals surface area contributed by atoms with Crippen LogP contribution in [0.5, 0.6) is 5.75 Å². The Morgan fingerprint density at radius 1 is 1.08 bits per heavy atom. The normalized spacial score (nSPS) is 11.7. The van der Waals surface area contributed by atoms with Crippen LogP contribution in [0.15, 0.2) is 63.8 Å². The maximum absolute atomic E-state index is 12.3. The van der Waals surface area contributed by atoms with Gasteiger partial charge in [-0.2, -0.15) is 0 Å². The van der Waals surface area contributed by atoms with Crippen LogP contribution in [0.3, 0.4) is 0 Å². The minimum absolute atomic E-state index is 0.352. The van der Waals surface area contributed by atoms with Gasteiger partial charge in [0.1, 0.15) is 11.3 Å². The van der Waals surface area contributed by atoms with Crippen LogP contribution < -0.4 is 21.4 Å². The average Bonchev–Trinajstić information content (AvgIpc) is 2.61. The van der Waals surface area contributed by atoms with Crippen LogP contribution in [-0.2, 0) is 4.79 Å². The summed E-state index contributed by atoms with van der Waals surface area (Å²) in [5, 5.41) is 3.44. The Morgan fingerprint density at radius 3 is 2.46 bits per heavy atom. The molecule has 0 saturated carbocycles. The van der Waals surface area contributed by atoms with Crippen molar-refractivity contribution in [2.24, 2.45) is 5.73 Å². The lowest BCUT2D eigenvalue weighted by Crippen LogP contribution is -2.30. The third-order valence-electron chi connectivity index (χ3n) is 3.71. The van der Waals surface area contributed by atoms with Crippen LogP contribution in [0.4, 0.5) is 5.69 Å². The number of carbonyl (C=O) groups excluding carboxylic acids is 2. The summed E-state index contributed by atoms with van der Waals surface area (Å²) in [5.41, 5.74) is 5.96. The highest BCUT2D eigenvalue weighted by molar-refractivity contribution is 5.96. The zero-order valence-electron chi connectivity index (χ0n) is 13.9. The molecule has 3 rings (SSSR count). The van der Waals surface area contributed by atoms with E-state index in [0.29, 0.717) is 22.6 Å². The molecule has 3 aromatic rings. The fraction of sp³-hybridized carbons (Fsp3) is 0.105. The van der Waals surface area contributed by atoms with Crippen molar-refractivity contribution in [3.8, 4) is 5.75 Å². The molecule has 0 saturated heterocycles. The Labute approximate surface area is 148 Å². The molecule has 26 heavy (non-hydrogen) atoms. The standard InChI is InChI=1S/C19H16N2O5/c1-11(19(24)21-14-6-2-13(3-7-14)18(20)23)25-15-8-4-12-5-9-17(22)26-16(12)10-15/h2-11H,1H3,(H2,20,23)(H,21,24)/t11-/m1/s1. The Morgan fingerprint density at radius 2 is 1.77 bits per heavy atom. The molecule has 132 valence electrons. The van der Waals surface area contributed by atoms with E-state index in [2.05, 4.69) is 5.32 Å². The summed E-state index contributed by atoms with van der Waals surface area (Å²) >= 11 is 0. The monoisotopic (exact) mass is 352 g/mol. The lowest BCUT2D eigenvalue weighted by molar-refractivity contribution is -0.122. The zero-order chi connectivity index (χ0) is 18.7. The number of fused-ring (bicyclic) bond motifs is 1. The van der Waals surface area contributed by atoms with Crippen LogP contribution in [0.25, 0.3) is 11.0 Å². The average molecular weight is 352 g/mol. The molecular formula is C19H16N2O5. The first-order chi connectivity index (χ1) is 12.4. The molecule has 0 fully saturated rings. The number of nitrogens with two attached hydrogens (primary N) is 1. The third-order valence-corrected chi connectivity index (χ3v) is 3.71. The molecule has 3 N–H and O–H groups in total. The Bertz CT molecular complexity index is 1020. The van der Waals surface area contributed by atoms with Gasteiger partial charge in [-0.15, -0.1) is 0 Å². The number of anilines is 1. The molecule has 7 nitrogen and oxygen atoms in total. The number of hydrogen-bond acceptors (Lipinski definition) is 5. The number of nitrogens with one attached hydrogen (secondary N) is 1. The SMILES string of the molecule is C[C@@H](Oc1ccc2ccc(=O)oc2c1)C(=O)Nc1ccc(C(N)=O)cc1. The third kappa shape index (κ3) is 3.89. The highest BCUT2D eigenvalue weighted by Crippen LogP contribution is 2.21. The van der Waals surface area contributed by atoms with Gasteiger partial charge in [0, 0.05) is 28.8 Å². The van der Waals surface area contributed by atoms with Gasteiger partial charge in [0.2, 0.25) is 5.91 Å². The number of primary amides is 1. The van der Waals surface area contributed by atoms with Gasteiger partial charge in [-0.1, -0.05) is 0 Å². The number of ether oxygens (including phenoxy) is 1. The van der Waals surface area contributed by atoms with Gasteiger partial charge >= 0.3 is 5.63 Å². The first-order valence-electron chi connectivity index (χ1n) is 7.84. The van der Waals surface area contributed by atoms with E-state index in [4.69, 9.17) is 14.9 Å². The molecule has 7 heteroatoms. The second kappa shape index (κ2) is 7.10. The van der Waals surface area contributed by atoms with Crippen LogP contribution in [0.2, 0.25) is 0 Å². The molecule has 0 radical (unpaired) electrons. The lowest BCUT2D eigenvalue weighted by Gasteiger charge is -2.15. The molecule has 1 heterocycles. The van der Waals surface area contributed by atoms with Crippen LogP contribution in [0, 0.1) is 0 Å². The lowest BCUT2D eigenvalue weighted by atomic mass is 10.2. The first kappa shape index (κ1) is 17.2. The molecular weight excluding hydrogens is 336 g/mol. The number of amides is 2. The van der Waals surface area contributed by atoms with Crippen molar-refractivity contribution in [2.45, 2.75) is 13.0 Å². The summed E-state index contributed by atoms with van der Waals surface area (Å²) in [7, 11) is 0. The van der Waals surface area contributed by atoms with Gasteiger partial charge in [0.25, 0.3) is 5.91 Å². The largest absolute Gasteiger partial charge is 0.481 e. The minimum Gasteiger partial charge on any atom is -0.481 e. The van der Waals surface area contributed by atoms with E-state index >= 15 is 0 Å². The van der Waals surface area contributed by atoms with Crippen molar-refractivity contribution in [1.82, 2.24) is 0 Å². The molecule has 0 aliphatic heterocycles. The molecule has 1 atom stereocenters. The fourth-order valence-corrected chi connectivity index (χ4v) is 2.33. The number of carbonyl (C=O) groups is 2. The Hall–Kier alpha value is -3.61. The van der Waals surface area contributed by atoms with Crippen LogP contribution in [0.1, 0.15) is 17.3 Å². The summed E-state index contributed by atoms with van der Waals surface area (Å²) in [4.78, 5) is 34.6. The Balaban J connectivity index is 1.68. The smallest absolute Gasteiger partial charge is 0.336 e. The Kier molecular flexibility index (Phi) is 4.70. The van der Waals surface area contributed by atoms with Crippen LogP contribution in [-0.4, -0.2) is 17.9 Å². The fourth-order valence-electron chi connectivity index (χ4n) is 2.33. The van der Waals surface area contributed by atoms with E-state index in [9.17, 15) is 14.4 Å². The number of rotatable bonds is 5. The van der Waals surface area contributed by atoms with E-state index in [-0.39, 0.29) is 5.91 Å². The maximum atomic E-state index is 12.3. The highest BCUT2D eigenvalue weighted by atomic mass is 16.5. The molecule has 0 aliphatic carbocycles. The van der Waals surface area contributed by atoms with E-state index in [1.165, 1.54) is 18.2 Å². The summed E-state index contributed by atoms with van der Waals surface area (Å²) in [6, 6.07) is 14.2. The molecule has 0 spiro atoms. The summed E-state index contributed by atoms with van der Waals surface area (Å²) in [6.07, 6.45) is -0.793. The van der Waals surface area contributed by atoms with Crippen molar-refractivity contribution >= 4 is 28.5 Å². The predicted molar refractivity (Wildman–Crippen MR) is 96.2 cm³/mol. The van der Waals surface area contributed by atoms with Gasteiger partial charge in [-0.05, 0) is 49.4 Å². The molecule has 0 unspecified atom stereocenters. The van der Waals surface area contributed by atoms with E-state index < -0.39 is 17.6 Å². The van der Waals surface area contributed by atoms with Gasteiger partial charge in [-0.25, -0.2) is 4.79 Å². The highest BCUT2D eigenvalue weighted by Gasteiger charge is 2.15. The second-order valence-corrected chi connectivity index (χ2v) is 5.64. The van der Waals surface area contributed by atoms with Crippen molar-refractivity contribution in [3.05, 3.63) is 70.6 Å². The van der Waals surface area contributed by atoms with Gasteiger partial charge in [0.05, 0.1) is 0 Å². The number of hydrogen-bond donors (Lipinski definition) is 2. The molecule has 1 aromatic heterocycles. The van der Waals surface area contributed by atoms with Crippen molar-refractivity contribution in [2.75, 3.05) is 5.32 Å². The van der Waals surface area contributed by atoms with Crippen molar-refractivity contribution in [1.29, 1.82) is 0 Å². The summed E-state index contributed by atoms with van der Waals surface area (Å²) in [5.74, 6) is -0.507. The molecule has 0 aliphatic rings. The van der Waals surface area contributed by atoms with E-state index in [1.54, 1.807) is 43.3 Å². The van der Waals surface area contributed by atoms with Crippen molar-refractivity contribution < 1.29 is 18.7 Å². The van der Waals surface area contributed by atoms with Crippen molar-refractivity contribution in [3.63, 3.8) is 0 Å². The first-order valence-corrected chi connectivity index (χ1v) is 7.84. The zero-order valence-corrected chi connectivity index (χ0v) is 13.9. The minimum atomic E-state index is -0.793. The quantitative estimate of drug-likeness (QED) is 0.684. The maximum Gasteiger partial charge on any atom is 0.336 e. The summed E-state index contributed by atoms with van der Waals surface area (Å²) < 4.78 is 10.7. The predicted octanol–water partition coefficient (Wildman–Crippen LogP) is 2.30.